The second kappa shape index (κ2) is 8.77. The number of hydrogen-bond donors (Lipinski definition) is 2. The second-order valence-corrected chi connectivity index (χ2v) is 6.16. The van der Waals surface area contributed by atoms with E-state index in [1.807, 2.05) is 31.2 Å². The second-order valence-electron chi connectivity index (χ2n) is 6.16. The van der Waals surface area contributed by atoms with Gasteiger partial charge in [0.15, 0.2) is 0 Å². The average Bonchev–Trinajstić information content (AvgIpc) is 2.72. The van der Waals surface area contributed by atoms with Gasteiger partial charge in [-0.3, -0.25) is 4.79 Å². The molecule has 142 valence electrons. The minimum Gasteiger partial charge on any atom is -0.465 e. The zero-order valence-electron chi connectivity index (χ0n) is 15.6. The van der Waals surface area contributed by atoms with Crippen LogP contribution in [0.5, 0.6) is 0 Å². The third-order valence-electron chi connectivity index (χ3n) is 4.01. The van der Waals surface area contributed by atoms with Crippen LogP contribution in [0.15, 0.2) is 60.9 Å². The number of amides is 1. The molecule has 0 unspecified atom stereocenters. The van der Waals surface area contributed by atoms with Gasteiger partial charge in [0.1, 0.15) is 0 Å². The van der Waals surface area contributed by atoms with Gasteiger partial charge in [0.2, 0.25) is 5.95 Å². The van der Waals surface area contributed by atoms with Crippen molar-refractivity contribution in [2.75, 3.05) is 12.4 Å². The van der Waals surface area contributed by atoms with E-state index in [-0.39, 0.29) is 5.91 Å². The van der Waals surface area contributed by atoms with Crippen LogP contribution in [0.25, 0.3) is 0 Å². The fourth-order valence-electron chi connectivity index (χ4n) is 2.55. The number of benzene rings is 2. The summed E-state index contributed by atoms with van der Waals surface area (Å²) in [5.74, 6) is -0.291. The monoisotopic (exact) mass is 376 g/mol. The first-order chi connectivity index (χ1) is 13.5. The van der Waals surface area contributed by atoms with Crippen LogP contribution in [0, 0.1) is 6.92 Å². The van der Waals surface area contributed by atoms with Crippen molar-refractivity contribution in [3.05, 3.63) is 83.2 Å². The Balaban J connectivity index is 1.58. The lowest BCUT2D eigenvalue weighted by molar-refractivity contribution is 0.0600. The van der Waals surface area contributed by atoms with E-state index in [4.69, 9.17) is 0 Å². The number of nitrogens with one attached hydrogen (secondary N) is 2. The molecule has 28 heavy (non-hydrogen) atoms. The van der Waals surface area contributed by atoms with Crippen LogP contribution in [0.3, 0.4) is 0 Å². The number of carbonyl (C=O) groups is 2. The molecule has 0 atom stereocenters. The molecule has 7 heteroatoms. The number of carbonyl (C=O) groups excluding carboxylic acids is 2. The highest BCUT2D eigenvalue weighted by Crippen LogP contribution is 2.14. The molecule has 0 aliphatic rings. The Bertz CT molecular complexity index is 970. The van der Waals surface area contributed by atoms with Gasteiger partial charge in [-0.15, -0.1) is 0 Å². The summed E-state index contributed by atoms with van der Waals surface area (Å²) in [6.45, 7) is 2.45. The molecule has 0 radical (unpaired) electrons. The molecule has 0 bridgehead atoms. The molecular weight excluding hydrogens is 356 g/mol. The number of esters is 1. The molecule has 1 heterocycles. The van der Waals surface area contributed by atoms with Gasteiger partial charge in [-0.1, -0.05) is 29.8 Å². The minimum absolute atomic E-state index is 0.240. The highest BCUT2D eigenvalue weighted by Gasteiger charge is 2.08. The molecule has 0 aliphatic heterocycles. The van der Waals surface area contributed by atoms with Gasteiger partial charge in [-0.05, 0) is 36.8 Å². The van der Waals surface area contributed by atoms with Crippen LogP contribution < -0.4 is 10.6 Å². The zero-order chi connectivity index (χ0) is 19.9. The number of anilines is 2. The lowest BCUT2D eigenvalue weighted by atomic mass is 10.1. The van der Waals surface area contributed by atoms with Crippen LogP contribution in [0.4, 0.5) is 11.6 Å². The maximum absolute atomic E-state index is 12.2. The van der Waals surface area contributed by atoms with E-state index in [0.717, 1.165) is 11.1 Å². The van der Waals surface area contributed by atoms with Gasteiger partial charge in [0.25, 0.3) is 5.91 Å². The number of ether oxygens (including phenoxy) is 1. The molecule has 3 rings (SSSR count). The highest BCUT2D eigenvalue weighted by atomic mass is 16.5. The smallest absolute Gasteiger partial charge is 0.337 e. The first kappa shape index (κ1) is 19.0. The van der Waals surface area contributed by atoms with Crippen LogP contribution in [0.2, 0.25) is 0 Å². The molecule has 0 saturated heterocycles. The van der Waals surface area contributed by atoms with Crippen LogP contribution in [0.1, 0.15) is 31.8 Å². The summed E-state index contributed by atoms with van der Waals surface area (Å²) in [5, 5.41) is 5.86. The Morgan fingerprint density at radius 3 is 2.36 bits per heavy atom. The van der Waals surface area contributed by atoms with Crippen molar-refractivity contribution in [3.63, 3.8) is 0 Å². The third-order valence-corrected chi connectivity index (χ3v) is 4.01. The molecule has 1 aromatic heterocycles. The predicted molar refractivity (Wildman–Crippen MR) is 105 cm³/mol. The van der Waals surface area contributed by atoms with Crippen molar-refractivity contribution >= 4 is 23.5 Å². The molecule has 0 aliphatic carbocycles. The minimum atomic E-state index is -0.399. The summed E-state index contributed by atoms with van der Waals surface area (Å²) < 4.78 is 4.66. The molecule has 1 amide bonds. The summed E-state index contributed by atoms with van der Waals surface area (Å²) in [5.41, 5.74) is 3.71. The molecule has 0 spiro atoms. The van der Waals surface area contributed by atoms with Crippen molar-refractivity contribution in [2.24, 2.45) is 0 Å². The third kappa shape index (κ3) is 4.91. The Morgan fingerprint density at radius 1 is 1.00 bits per heavy atom. The molecule has 2 aromatic carbocycles. The Kier molecular flexibility index (Phi) is 5.96. The van der Waals surface area contributed by atoms with Crippen molar-refractivity contribution in [3.8, 4) is 0 Å². The van der Waals surface area contributed by atoms with Gasteiger partial charge in [0.05, 0.1) is 18.2 Å². The van der Waals surface area contributed by atoms with E-state index in [9.17, 15) is 9.59 Å². The topological polar surface area (TPSA) is 93.2 Å². The van der Waals surface area contributed by atoms with Crippen LogP contribution in [-0.4, -0.2) is 29.0 Å². The first-order valence-electron chi connectivity index (χ1n) is 8.66. The van der Waals surface area contributed by atoms with Gasteiger partial charge in [-0.25, -0.2) is 14.8 Å². The SMILES string of the molecule is COC(=O)c1ccc(Nc2ncc(C(=O)NCc3cccc(C)c3)cn2)cc1. The van der Waals surface area contributed by atoms with Crippen LogP contribution in [-0.2, 0) is 11.3 Å². The summed E-state index contributed by atoms with van der Waals surface area (Å²) in [6, 6.07) is 14.7. The summed E-state index contributed by atoms with van der Waals surface area (Å²) in [4.78, 5) is 32.0. The molecule has 0 fully saturated rings. The number of aryl methyl sites for hydroxylation is 1. The summed E-state index contributed by atoms with van der Waals surface area (Å²) in [6.07, 6.45) is 2.92. The van der Waals surface area contributed by atoms with Gasteiger partial charge < -0.3 is 15.4 Å². The quantitative estimate of drug-likeness (QED) is 0.642. The van der Waals surface area contributed by atoms with Crippen LogP contribution >= 0.6 is 0 Å². The largest absolute Gasteiger partial charge is 0.465 e. The lowest BCUT2D eigenvalue weighted by Gasteiger charge is -2.08. The maximum atomic E-state index is 12.2. The van der Waals surface area contributed by atoms with Gasteiger partial charge >= 0.3 is 5.97 Å². The number of nitrogens with zero attached hydrogens (tertiary/aromatic N) is 2. The van der Waals surface area contributed by atoms with Gasteiger partial charge in [0, 0.05) is 24.6 Å². The highest BCUT2D eigenvalue weighted by molar-refractivity contribution is 5.93. The normalized spacial score (nSPS) is 10.2. The van der Waals surface area contributed by atoms with Crippen molar-refractivity contribution in [1.29, 1.82) is 0 Å². The van der Waals surface area contributed by atoms with E-state index < -0.39 is 5.97 Å². The standard InChI is InChI=1S/C21H20N4O3/c1-14-4-3-5-15(10-14)11-22-19(26)17-12-23-21(24-13-17)25-18-8-6-16(7-9-18)20(27)28-2/h3-10,12-13H,11H2,1-2H3,(H,22,26)(H,23,24,25). The van der Waals surface area contributed by atoms with E-state index in [1.165, 1.54) is 19.5 Å². The summed E-state index contributed by atoms with van der Waals surface area (Å²) in [7, 11) is 1.33. The molecule has 3 aromatic rings. The van der Waals surface area contributed by atoms with E-state index in [0.29, 0.717) is 29.3 Å². The van der Waals surface area contributed by atoms with E-state index >= 15 is 0 Å². The van der Waals surface area contributed by atoms with Gasteiger partial charge in [-0.2, -0.15) is 0 Å². The number of methoxy groups -OCH3 is 1. The Hall–Kier alpha value is -3.74. The summed E-state index contributed by atoms with van der Waals surface area (Å²) >= 11 is 0. The Labute approximate surface area is 162 Å². The first-order valence-corrected chi connectivity index (χ1v) is 8.66. The predicted octanol–water partition coefficient (Wildman–Crippen LogP) is 3.25. The fourth-order valence-corrected chi connectivity index (χ4v) is 2.55. The van der Waals surface area contributed by atoms with E-state index in [1.54, 1.807) is 24.3 Å². The average molecular weight is 376 g/mol. The molecule has 7 nitrogen and oxygen atoms in total. The lowest BCUT2D eigenvalue weighted by Crippen LogP contribution is -2.23. The number of hydrogen-bond acceptors (Lipinski definition) is 6. The molecular formula is C21H20N4O3. The Morgan fingerprint density at radius 2 is 1.71 bits per heavy atom. The molecule has 0 saturated carbocycles. The van der Waals surface area contributed by atoms with Crippen molar-refractivity contribution < 1.29 is 14.3 Å². The zero-order valence-corrected chi connectivity index (χ0v) is 15.6. The number of aromatic nitrogens is 2. The van der Waals surface area contributed by atoms with Crippen molar-refractivity contribution in [1.82, 2.24) is 15.3 Å². The van der Waals surface area contributed by atoms with E-state index in [2.05, 4.69) is 25.3 Å². The molecule has 2 N–H and O–H groups in total. The fraction of sp³-hybridized carbons (Fsp3) is 0.143. The van der Waals surface area contributed by atoms with Crippen molar-refractivity contribution in [2.45, 2.75) is 13.5 Å². The number of rotatable bonds is 6. The maximum Gasteiger partial charge on any atom is 0.337 e.